The van der Waals surface area contributed by atoms with Gasteiger partial charge in [-0.2, -0.15) is 4.72 Å². The van der Waals surface area contributed by atoms with Crippen molar-refractivity contribution in [1.29, 1.82) is 0 Å². The Hall–Kier alpha value is -1.71. The van der Waals surface area contributed by atoms with Crippen molar-refractivity contribution in [2.45, 2.75) is 18.7 Å². The van der Waals surface area contributed by atoms with E-state index in [4.69, 9.17) is 10.5 Å². The minimum absolute atomic E-state index is 0.0194. The number of rotatable bonds is 4. The van der Waals surface area contributed by atoms with Gasteiger partial charge in [-0.25, -0.2) is 8.42 Å². The molecule has 0 bridgehead atoms. The highest BCUT2D eigenvalue weighted by Crippen LogP contribution is 2.28. The van der Waals surface area contributed by atoms with Crippen LogP contribution >= 0.6 is 0 Å². The van der Waals surface area contributed by atoms with Gasteiger partial charge < -0.3 is 10.5 Å². The second-order valence-corrected chi connectivity index (χ2v) is 5.35. The molecule has 0 aromatic heterocycles. The van der Waals surface area contributed by atoms with E-state index in [9.17, 15) is 8.42 Å². The van der Waals surface area contributed by atoms with Crippen LogP contribution in [-0.4, -0.2) is 22.1 Å². The van der Waals surface area contributed by atoms with Crippen LogP contribution in [0.4, 0.5) is 5.69 Å². The van der Waals surface area contributed by atoms with Crippen LogP contribution in [0, 0.1) is 18.8 Å². The van der Waals surface area contributed by atoms with E-state index in [-0.39, 0.29) is 17.2 Å². The maximum absolute atomic E-state index is 12.0. The number of methoxy groups -OCH3 is 1. The molecule has 0 unspecified atom stereocenters. The van der Waals surface area contributed by atoms with Gasteiger partial charge in [-0.3, -0.25) is 0 Å². The van der Waals surface area contributed by atoms with Crippen molar-refractivity contribution in [1.82, 2.24) is 4.72 Å². The quantitative estimate of drug-likeness (QED) is 0.627. The molecule has 0 fully saturated rings. The van der Waals surface area contributed by atoms with E-state index in [1.807, 2.05) is 0 Å². The fourth-order valence-corrected chi connectivity index (χ4v) is 2.45. The molecule has 98 valence electrons. The summed E-state index contributed by atoms with van der Waals surface area (Å²) >= 11 is 0. The Kier molecular flexibility index (Phi) is 4.59. The van der Waals surface area contributed by atoms with Crippen LogP contribution in [0.3, 0.4) is 0 Å². The van der Waals surface area contributed by atoms with Crippen molar-refractivity contribution < 1.29 is 13.2 Å². The third-order valence-electron chi connectivity index (χ3n) is 2.37. The van der Waals surface area contributed by atoms with Crippen LogP contribution in [0.15, 0.2) is 17.0 Å². The number of aryl methyl sites for hydroxylation is 1. The first-order valence-electron chi connectivity index (χ1n) is 5.25. The number of benzene rings is 1. The summed E-state index contributed by atoms with van der Waals surface area (Å²) in [5.74, 6) is 5.50. The first-order chi connectivity index (χ1) is 8.42. The van der Waals surface area contributed by atoms with E-state index in [0.29, 0.717) is 5.69 Å². The molecule has 0 atom stereocenters. The molecule has 0 saturated heterocycles. The average molecular weight is 268 g/mol. The van der Waals surface area contributed by atoms with Gasteiger partial charge in [0.25, 0.3) is 0 Å². The molecule has 0 amide bonds. The Morgan fingerprint density at radius 2 is 2.11 bits per heavy atom. The minimum atomic E-state index is -3.67. The normalized spacial score (nSPS) is 10.6. The fraction of sp³-hybridized carbons (Fsp3) is 0.333. The van der Waals surface area contributed by atoms with Gasteiger partial charge in [0.1, 0.15) is 10.6 Å². The molecule has 5 nitrogen and oxygen atoms in total. The van der Waals surface area contributed by atoms with Gasteiger partial charge in [0.05, 0.1) is 13.7 Å². The van der Waals surface area contributed by atoms with E-state index in [2.05, 4.69) is 16.6 Å². The lowest BCUT2D eigenvalue weighted by Crippen LogP contribution is -2.24. The van der Waals surface area contributed by atoms with Gasteiger partial charge in [0, 0.05) is 5.69 Å². The smallest absolute Gasteiger partial charge is 0.245 e. The lowest BCUT2D eigenvalue weighted by Gasteiger charge is -2.12. The summed E-state index contributed by atoms with van der Waals surface area (Å²) in [6.07, 6.45) is 0. The predicted octanol–water partition coefficient (Wildman–Crippen LogP) is 0.887. The van der Waals surface area contributed by atoms with Crippen LogP contribution in [0.5, 0.6) is 5.75 Å². The molecule has 0 saturated carbocycles. The van der Waals surface area contributed by atoms with Crippen LogP contribution in [0.2, 0.25) is 0 Å². The summed E-state index contributed by atoms with van der Waals surface area (Å²) in [5, 5.41) is 0. The van der Waals surface area contributed by atoms with E-state index >= 15 is 0 Å². The molecule has 6 heteroatoms. The molecular formula is C12H16N2O3S. The first-order valence-corrected chi connectivity index (χ1v) is 6.74. The number of sulfonamides is 1. The molecule has 1 aromatic rings. The molecular weight excluding hydrogens is 252 g/mol. The highest BCUT2D eigenvalue weighted by molar-refractivity contribution is 7.89. The van der Waals surface area contributed by atoms with E-state index in [1.165, 1.54) is 13.2 Å². The monoisotopic (exact) mass is 268 g/mol. The zero-order chi connectivity index (χ0) is 13.8. The maximum atomic E-state index is 12.0. The van der Waals surface area contributed by atoms with E-state index in [0.717, 1.165) is 5.56 Å². The zero-order valence-corrected chi connectivity index (χ0v) is 11.4. The van der Waals surface area contributed by atoms with Crippen LogP contribution in [0.1, 0.15) is 12.5 Å². The zero-order valence-electron chi connectivity index (χ0n) is 10.6. The Morgan fingerprint density at radius 1 is 1.44 bits per heavy atom. The highest BCUT2D eigenvalue weighted by atomic mass is 32.2. The van der Waals surface area contributed by atoms with Crippen LogP contribution in [-0.2, 0) is 10.0 Å². The molecule has 0 spiro atoms. The lowest BCUT2D eigenvalue weighted by atomic mass is 10.2. The van der Waals surface area contributed by atoms with Crippen molar-refractivity contribution in [3.63, 3.8) is 0 Å². The maximum Gasteiger partial charge on any atom is 0.245 e. The van der Waals surface area contributed by atoms with Gasteiger partial charge >= 0.3 is 0 Å². The second kappa shape index (κ2) is 5.76. The number of nitrogens with one attached hydrogen (secondary N) is 1. The number of ether oxygens (including phenoxy) is 1. The molecule has 3 N–H and O–H groups in total. The number of nitrogens with two attached hydrogens (primary N) is 1. The van der Waals surface area contributed by atoms with Gasteiger partial charge in [-0.05, 0) is 31.5 Å². The fourth-order valence-electron chi connectivity index (χ4n) is 1.34. The Labute approximate surface area is 107 Å². The van der Waals surface area contributed by atoms with E-state index < -0.39 is 10.0 Å². The first kappa shape index (κ1) is 14.4. The summed E-state index contributed by atoms with van der Waals surface area (Å²) in [4.78, 5) is 0.0194. The Bertz CT molecular complexity index is 598. The van der Waals surface area contributed by atoms with Gasteiger partial charge in [-0.15, -0.1) is 5.92 Å². The van der Waals surface area contributed by atoms with Crippen molar-refractivity contribution >= 4 is 15.7 Å². The van der Waals surface area contributed by atoms with Crippen molar-refractivity contribution in [3.8, 4) is 17.6 Å². The third-order valence-corrected chi connectivity index (χ3v) is 3.79. The van der Waals surface area contributed by atoms with Crippen molar-refractivity contribution in [3.05, 3.63) is 17.7 Å². The standard InChI is InChI=1S/C12H16N2O3S/c1-4-5-6-14-18(15,16)12-8-10(13)9(2)7-11(12)17-3/h7-8,14H,6,13H2,1-3H3. The summed E-state index contributed by atoms with van der Waals surface area (Å²) in [6.45, 7) is 3.47. The van der Waals surface area contributed by atoms with Gasteiger partial charge in [0.15, 0.2) is 0 Å². The molecule has 18 heavy (non-hydrogen) atoms. The number of hydrogen-bond donors (Lipinski definition) is 2. The third kappa shape index (κ3) is 3.15. The average Bonchev–Trinajstić information content (AvgIpc) is 2.32. The van der Waals surface area contributed by atoms with E-state index in [1.54, 1.807) is 19.9 Å². The topological polar surface area (TPSA) is 81.4 Å². The highest BCUT2D eigenvalue weighted by Gasteiger charge is 2.20. The number of hydrogen-bond acceptors (Lipinski definition) is 4. The molecule has 0 aliphatic carbocycles. The molecule has 1 rings (SSSR count). The van der Waals surface area contributed by atoms with Gasteiger partial charge in [-0.1, -0.05) is 5.92 Å². The van der Waals surface area contributed by atoms with Crippen LogP contribution in [0.25, 0.3) is 0 Å². The second-order valence-electron chi connectivity index (χ2n) is 3.61. The number of anilines is 1. The van der Waals surface area contributed by atoms with Crippen LogP contribution < -0.4 is 15.2 Å². The molecule has 0 aliphatic rings. The SMILES string of the molecule is CC#CCNS(=O)(=O)c1cc(N)c(C)cc1OC. The lowest BCUT2D eigenvalue weighted by molar-refractivity contribution is 0.402. The Morgan fingerprint density at radius 3 is 2.67 bits per heavy atom. The molecule has 0 radical (unpaired) electrons. The van der Waals surface area contributed by atoms with Gasteiger partial charge in [0.2, 0.25) is 10.0 Å². The minimum Gasteiger partial charge on any atom is -0.495 e. The summed E-state index contributed by atoms with van der Waals surface area (Å²) < 4.78 is 31.5. The number of nitrogen functional groups attached to an aromatic ring is 1. The molecule has 1 aromatic carbocycles. The molecule has 0 heterocycles. The van der Waals surface area contributed by atoms with Crippen molar-refractivity contribution in [2.75, 3.05) is 19.4 Å². The summed E-state index contributed by atoms with van der Waals surface area (Å²) in [7, 11) is -2.26. The molecule has 0 aliphatic heterocycles. The largest absolute Gasteiger partial charge is 0.495 e. The predicted molar refractivity (Wildman–Crippen MR) is 70.8 cm³/mol. The summed E-state index contributed by atoms with van der Waals surface area (Å²) in [6, 6.07) is 2.98. The van der Waals surface area contributed by atoms with Crippen molar-refractivity contribution in [2.24, 2.45) is 0 Å². The summed E-state index contributed by atoms with van der Waals surface area (Å²) in [5.41, 5.74) is 6.88. The Balaban J connectivity index is 3.21.